The molecule has 1 aromatic rings. The Bertz CT molecular complexity index is 505. The largest absolute Gasteiger partial charge is 0.481 e. The highest BCUT2D eigenvalue weighted by atomic mass is 16.5. The van der Waals surface area contributed by atoms with Gasteiger partial charge >= 0.3 is 5.97 Å². The van der Waals surface area contributed by atoms with Crippen LogP contribution in [0.3, 0.4) is 0 Å². The molecule has 1 aromatic carbocycles. The van der Waals surface area contributed by atoms with Crippen LogP contribution in [0.15, 0.2) is 24.3 Å². The van der Waals surface area contributed by atoms with E-state index in [0.29, 0.717) is 18.6 Å². The molecule has 0 aliphatic heterocycles. The highest BCUT2D eigenvalue weighted by molar-refractivity contribution is 5.83. The SMILES string of the molecule is Cc1ccc(OC(C)C(=O)NCC2(C(=O)O)CC2)cc1. The van der Waals surface area contributed by atoms with Crippen LogP contribution in [0, 0.1) is 12.3 Å². The molecule has 0 heterocycles. The van der Waals surface area contributed by atoms with Crippen molar-refractivity contribution >= 4 is 11.9 Å². The van der Waals surface area contributed by atoms with Crippen molar-refractivity contribution in [3.8, 4) is 5.75 Å². The molecule has 20 heavy (non-hydrogen) atoms. The van der Waals surface area contributed by atoms with Gasteiger partial charge in [0.05, 0.1) is 5.41 Å². The Hall–Kier alpha value is -2.04. The highest BCUT2D eigenvalue weighted by Crippen LogP contribution is 2.45. The Morgan fingerprint density at radius 3 is 2.45 bits per heavy atom. The summed E-state index contributed by atoms with van der Waals surface area (Å²) in [7, 11) is 0. The Labute approximate surface area is 117 Å². The standard InChI is InChI=1S/C15H19NO4/c1-10-3-5-12(6-4-10)20-11(2)13(17)16-9-15(7-8-15)14(18)19/h3-6,11H,7-9H2,1-2H3,(H,16,17)(H,18,19). The number of aryl methyl sites for hydroxylation is 1. The van der Waals surface area contributed by atoms with Crippen LogP contribution in [0.4, 0.5) is 0 Å². The van der Waals surface area contributed by atoms with Gasteiger partial charge in [0.25, 0.3) is 5.91 Å². The number of carbonyl (C=O) groups excluding carboxylic acids is 1. The molecule has 1 atom stereocenters. The number of aliphatic carboxylic acids is 1. The minimum Gasteiger partial charge on any atom is -0.481 e. The minimum atomic E-state index is -0.843. The molecule has 1 aliphatic carbocycles. The van der Waals surface area contributed by atoms with Crippen molar-refractivity contribution in [2.24, 2.45) is 5.41 Å². The summed E-state index contributed by atoms with van der Waals surface area (Å²) < 4.78 is 5.52. The summed E-state index contributed by atoms with van der Waals surface area (Å²) in [6, 6.07) is 7.42. The average Bonchev–Trinajstić information content (AvgIpc) is 3.20. The molecule has 1 aliphatic rings. The van der Waals surface area contributed by atoms with Crippen molar-refractivity contribution < 1.29 is 19.4 Å². The number of nitrogens with one attached hydrogen (secondary N) is 1. The van der Waals surface area contributed by atoms with Gasteiger partial charge in [0.1, 0.15) is 5.75 Å². The summed E-state index contributed by atoms with van der Waals surface area (Å²) in [5.74, 6) is -0.513. The third kappa shape index (κ3) is 3.29. The molecule has 0 radical (unpaired) electrons. The molecule has 0 spiro atoms. The Kier molecular flexibility index (Phi) is 3.97. The summed E-state index contributed by atoms with van der Waals surface area (Å²) in [4.78, 5) is 22.9. The first-order valence-electron chi connectivity index (χ1n) is 6.67. The average molecular weight is 277 g/mol. The van der Waals surface area contributed by atoms with E-state index in [0.717, 1.165) is 5.56 Å². The summed E-state index contributed by atoms with van der Waals surface area (Å²) >= 11 is 0. The molecule has 1 fully saturated rings. The van der Waals surface area contributed by atoms with Gasteiger partial charge in [-0.15, -0.1) is 0 Å². The van der Waals surface area contributed by atoms with Gasteiger partial charge in [-0.05, 0) is 38.8 Å². The third-order valence-corrected chi connectivity index (χ3v) is 3.61. The first-order valence-corrected chi connectivity index (χ1v) is 6.67. The van der Waals surface area contributed by atoms with Crippen molar-refractivity contribution in [1.82, 2.24) is 5.32 Å². The van der Waals surface area contributed by atoms with Crippen LogP contribution in [-0.4, -0.2) is 29.6 Å². The molecule has 1 amide bonds. The predicted octanol–water partition coefficient (Wildman–Crippen LogP) is 1.74. The number of carboxylic acid groups (broad SMARTS) is 1. The highest BCUT2D eigenvalue weighted by Gasteiger charge is 2.50. The summed E-state index contributed by atoms with van der Waals surface area (Å²) in [6.07, 6.45) is 0.591. The van der Waals surface area contributed by atoms with Gasteiger partial charge in [0, 0.05) is 6.54 Å². The number of benzene rings is 1. The van der Waals surface area contributed by atoms with Crippen LogP contribution in [-0.2, 0) is 9.59 Å². The second kappa shape index (κ2) is 5.53. The quantitative estimate of drug-likeness (QED) is 0.830. The zero-order valence-electron chi connectivity index (χ0n) is 11.7. The maximum absolute atomic E-state index is 11.9. The number of hydrogen-bond donors (Lipinski definition) is 2. The molecule has 5 nitrogen and oxygen atoms in total. The Morgan fingerprint density at radius 1 is 1.35 bits per heavy atom. The predicted molar refractivity (Wildman–Crippen MR) is 73.6 cm³/mol. The fourth-order valence-electron chi connectivity index (χ4n) is 1.89. The zero-order valence-corrected chi connectivity index (χ0v) is 11.7. The van der Waals surface area contributed by atoms with Gasteiger partial charge < -0.3 is 15.2 Å². The zero-order chi connectivity index (χ0) is 14.8. The van der Waals surface area contributed by atoms with E-state index in [1.54, 1.807) is 19.1 Å². The van der Waals surface area contributed by atoms with E-state index < -0.39 is 17.5 Å². The van der Waals surface area contributed by atoms with Crippen LogP contribution in [0.5, 0.6) is 5.75 Å². The van der Waals surface area contributed by atoms with Gasteiger partial charge in [0.2, 0.25) is 0 Å². The van der Waals surface area contributed by atoms with Crippen molar-refractivity contribution in [2.45, 2.75) is 32.8 Å². The van der Waals surface area contributed by atoms with Crippen molar-refractivity contribution in [3.05, 3.63) is 29.8 Å². The number of amides is 1. The lowest BCUT2D eigenvalue weighted by Crippen LogP contribution is -2.41. The monoisotopic (exact) mass is 277 g/mol. The van der Waals surface area contributed by atoms with Gasteiger partial charge in [-0.1, -0.05) is 17.7 Å². The maximum atomic E-state index is 11.9. The molecule has 1 saturated carbocycles. The molecule has 2 rings (SSSR count). The maximum Gasteiger partial charge on any atom is 0.311 e. The van der Waals surface area contributed by atoms with Crippen LogP contribution < -0.4 is 10.1 Å². The van der Waals surface area contributed by atoms with Crippen molar-refractivity contribution in [1.29, 1.82) is 0 Å². The Balaban J connectivity index is 1.83. The first kappa shape index (κ1) is 14.4. The van der Waals surface area contributed by atoms with E-state index in [-0.39, 0.29) is 12.5 Å². The van der Waals surface area contributed by atoms with Crippen LogP contribution in [0.2, 0.25) is 0 Å². The van der Waals surface area contributed by atoms with Gasteiger partial charge in [0.15, 0.2) is 6.10 Å². The number of ether oxygens (including phenoxy) is 1. The molecule has 2 N–H and O–H groups in total. The number of carbonyl (C=O) groups is 2. The molecular formula is C15H19NO4. The van der Waals surface area contributed by atoms with E-state index >= 15 is 0 Å². The smallest absolute Gasteiger partial charge is 0.311 e. The fourth-order valence-corrected chi connectivity index (χ4v) is 1.89. The van der Waals surface area contributed by atoms with Crippen LogP contribution in [0.25, 0.3) is 0 Å². The number of hydrogen-bond acceptors (Lipinski definition) is 3. The number of carboxylic acids is 1. The fraction of sp³-hybridized carbons (Fsp3) is 0.467. The van der Waals surface area contributed by atoms with Crippen molar-refractivity contribution in [2.75, 3.05) is 6.54 Å². The Morgan fingerprint density at radius 2 is 1.95 bits per heavy atom. The summed E-state index contributed by atoms with van der Waals surface area (Å²) in [5, 5.41) is 11.7. The molecule has 0 bridgehead atoms. The van der Waals surface area contributed by atoms with Gasteiger partial charge in [-0.2, -0.15) is 0 Å². The minimum absolute atomic E-state index is 0.169. The molecule has 108 valence electrons. The van der Waals surface area contributed by atoms with Crippen LogP contribution in [0.1, 0.15) is 25.3 Å². The van der Waals surface area contributed by atoms with E-state index in [9.17, 15) is 9.59 Å². The third-order valence-electron chi connectivity index (χ3n) is 3.61. The first-order chi connectivity index (χ1) is 9.43. The van der Waals surface area contributed by atoms with E-state index in [1.165, 1.54) is 0 Å². The van der Waals surface area contributed by atoms with Gasteiger partial charge in [-0.3, -0.25) is 9.59 Å². The molecule has 0 aromatic heterocycles. The lowest BCUT2D eigenvalue weighted by atomic mass is 10.1. The second-order valence-corrected chi connectivity index (χ2v) is 5.38. The molecule has 0 saturated heterocycles. The van der Waals surface area contributed by atoms with Crippen molar-refractivity contribution in [3.63, 3.8) is 0 Å². The van der Waals surface area contributed by atoms with E-state index in [4.69, 9.17) is 9.84 Å². The molecular weight excluding hydrogens is 258 g/mol. The lowest BCUT2D eigenvalue weighted by molar-refractivity contribution is -0.143. The molecule has 5 heteroatoms. The summed E-state index contributed by atoms with van der Waals surface area (Å²) in [5.41, 5.74) is 0.366. The normalized spacial score (nSPS) is 17.1. The second-order valence-electron chi connectivity index (χ2n) is 5.38. The lowest BCUT2D eigenvalue weighted by Gasteiger charge is -2.16. The number of rotatable bonds is 6. The van der Waals surface area contributed by atoms with E-state index in [2.05, 4.69) is 5.32 Å². The molecule has 1 unspecified atom stereocenters. The van der Waals surface area contributed by atoms with E-state index in [1.807, 2.05) is 19.1 Å². The van der Waals surface area contributed by atoms with Crippen LogP contribution >= 0.6 is 0 Å². The summed E-state index contributed by atoms with van der Waals surface area (Å²) in [6.45, 7) is 3.79. The van der Waals surface area contributed by atoms with Gasteiger partial charge in [-0.25, -0.2) is 0 Å². The topological polar surface area (TPSA) is 75.6 Å².